The molecule has 5 rings (SSSR count). The Labute approximate surface area is 182 Å². The monoisotopic (exact) mass is 436 g/mol. The van der Waals surface area contributed by atoms with E-state index in [1.54, 1.807) is 41.6 Å². The van der Waals surface area contributed by atoms with Gasteiger partial charge in [0.25, 0.3) is 0 Å². The van der Waals surface area contributed by atoms with Gasteiger partial charge in [-0.15, -0.1) is 0 Å². The number of carbonyl (C=O) groups is 1. The third-order valence-electron chi connectivity index (χ3n) is 6.10. The van der Waals surface area contributed by atoms with Crippen LogP contribution in [0.5, 0.6) is 0 Å². The van der Waals surface area contributed by atoms with Crippen LogP contribution in [0.1, 0.15) is 24.2 Å². The van der Waals surface area contributed by atoms with Crippen LogP contribution in [0, 0.1) is 0 Å². The lowest BCUT2D eigenvalue weighted by molar-refractivity contribution is -0.135. The smallest absolute Gasteiger partial charge is 0.243 e. The Morgan fingerprint density at radius 2 is 1.68 bits per heavy atom. The molecule has 3 heterocycles. The Kier molecular flexibility index (Phi) is 5.11. The average Bonchev–Trinajstić information content (AvgIpc) is 3.47. The number of sulfonamides is 1. The molecule has 3 aromatic rings. The first-order chi connectivity index (χ1) is 15.1. The number of nitrogens with zero attached hydrogens (tertiary/aromatic N) is 4. The molecule has 0 bridgehead atoms. The predicted molar refractivity (Wildman–Crippen MR) is 116 cm³/mol. The van der Waals surface area contributed by atoms with Gasteiger partial charge in [0.15, 0.2) is 0 Å². The fourth-order valence-electron chi connectivity index (χ4n) is 4.52. The summed E-state index contributed by atoms with van der Waals surface area (Å²) >= 11 is 0. The van der Waals surface area contributed by atoms with Gasteiger partial charge in [0, 0.05) is 30.9 Å². The maximum atomic E-state index is 13.4. The molecule has 31 heavy (non-hydrogen) atoms. The second-order valence-electron chi connectivity index (χ2n) is 7.94. The molecule has 0 aliphatic carbocycles. The number of hydrogen-bond donors (Lipinski definition) is 0. The van der Waals surface area contributed by atoms with Gasteiger partial charge in [-0.3, -0.25) is 4.79 Å². The molecule has 1 aromatic heterocycles. The number of fused-ring (bicyclic) bond motifs is 1. The zero-order chi connectivity index (χ0) is 21.4. The zero-order valence-corrected chi connectivity index (χ0v) is 17.9. The first-order valence-electron chi connectivity index (χ1n) is 10.5. The Balaban J connectivity index is 1.36. The molecule has 1 saturated heterocycles. The van der Waals surface area contributed by atoms with E-state index in [0.29, 0.717) is 38.9 Å². The van der Waals surface area contributed by atoms with Crippen molar-refractivity contribution in [1.82, 2.24) is 18.8 Å². The highest BCUT2D eigenvalue weighted by molar-refractivity contribution is 7.89. The van der Waals surface area contributed by atoms with E-state index in [9.17, 15) is 13.2 Å². The van der Waals surface area contributed by atoms with Crippen LogP contribution in [0.15, 0.2) is 71.9 Å². The Bertz CT molecular complexity index is 1190. The molecule has 2 aliphatic heterocycles. The summed E-state index contributed by atoms with van der Waals surface area (Å²) in [6.07, 6.45) is 3.72. The molecule has 0 spiro atoms. The van der Waals surface area contributed by atoms with Crippen LogP contribution in [0.3, 0.4) is 0 Å². The molecular weight excluding hydrogens is 412 g/mol. The van der Waals surface area contributed by atoms with Gasteiger partial charge in [0.05, 0.1) is 23.5 Å². The van der Waals surface area contributed by atoms with Crippen LogP contribution < -0.4 is 0 Å². The van der Waals surface area contributed by atoms with Crippen molar-refractivity contribution in [2.45, 2.75) is 36.7 Å². The van der Waals surface area contributed by atoms with Crippen LogP contribution >= 0.6 is 0 Å². The average molecular weight is 437 g/mol. The molecule has 1 unspecified atom stereocenters. The number of carbonyl (C=O) groups excluding carboxylic acids is 1. The number of rotatable bonds is 4. The van der Waals surface area contributed by atoms with Crippen molar-refractivity contribution >= 4 is 15.9 Å². The van der Waals surface area contributed by atoms with E-state index in [2.05, 4.69) is 9.55 Å². The maximum absolute atomic E-state index is 13.4. The van der Waals surface area contributed by atoms with Crippen molar-refractivity contribution in [3.63, 3.8) is 0 Å². The van der Waals surface area contributed by atoms with E-state index in [0.717, 1.165) is 17.1 Å². The number of imidazole rings is 1. The first-order valence-corrected chi connectivity index (χ1v) is 12.0. The molecule has 0 N–H and O–H groups in total. The molecule has 0 radical (unpaired) electrons. The van der Waals surface area contributed by atoms with E-state index >= 15 is 0 Å². The van der Waals surface area contributed by atoms with E-state index in [1.165, 1.54) is 4.31 Å². The molecule has 1 amide bonds. The minimum atomic E-state index is -3.70. The quantitative estimate of drug-likeness (QED) is 0.630. The Morgan fingerprint density at radius 1 is 0.968 bits per heavy atom. The molecule has 160 valence electrons. The van der Waals surface area contributed by atoms with Gasteiger partial charge in [-0.25, -0.2) is 13.4 Å². The standard InChI is InChI=1S/C23H24N4O3S/c28-23(22-12-7-14-27(22)31(29,30)19-10-5-2-6-11-19)25-15-13-21-20(16-25)24-17-26(21)18-8-3-1-4-9-18/h1-6,8-11,17,22H,7,12-16H2. The van der Waals surface area contributed by atoms with Crippen molar-refractivity contribution in [1.29, 1.82) is 0 Å². The lowest BCUT2D eigenvalue weighted by Gasteiger charge is -2.32. The number of hydrogen-bond acceptors (Lipinski definition) is 4. The topological polar surface area (TPSA) is 75.5 Å². The minimum absolute atomic E-state index is 0.128. The third-order valence-corrected chi connectivity index (χ3v) is 8.02. The minimum Gasteiger partial charge on any atom is -0.335 e. The lowest BCUT2D eigenvalue weighted by atomic mass is 10.1. The zero-order valence-electron chi connectivity index (χ0n) is 17.1. The summed E-state index contributed by atoms with van der Waals surface area (Å²) in [5.74, 6) is -0.128. The van der Waals surface area contributed by atoms with Crippen molar-refractivity contribution in [2.75, 3.05) is 13.1 Å². The molecule has 2 aliphatic rings. The van der Waals surface area contributed by atoms with Gasteiger partial charge in [0.2, 0.25) is 15.9 Å². The number of amides is 1. The summed E-state index contributed by atoms with van der Waals surface area (Å²) < 4.78 is 29.7. The first kappa shape index (κ1) is 20.0. The number of para-hydroxylation sites is 1. The van der Waals surface area contributed by atoms with Crippen molar-refractivity contribution in [3.8, 4) is 5.69 Å². The fourth-order valence-corrected chi connectivity index (χ4v) is 6.19. The van der Waals surface area contributed by atoms with Gasteiger partial charge in [-0.1, -0.05) is 36.4 Å². The van der Waals surface area contributed by atoms with Crippen molar-refractivity contribution < 1.29 is 13.2 Å². The molecule has 1 atom stereocenters. The van der Waals surface area contributed by atoms with Crippen LogP contribution in [-0.4, -0.2) is 52.2 Å². The SMILES string of the molecule is O=C(C1CCCN1S(=O)(=O)c1ccccc1)N1CCc2c(ncn2-c2ccccc2)C1. The summed E-state index contributed by atoms with van der Waals surface area (Å²) in [4.78, 5) is 19.9. The van der Waals surface area contributed by atoms with Gasteiger partial charge in [-0.05, 0) is 37.1 Å². The van der Waals surface area contributed by atoms with Crippen LogP contribution in [0.2, 0.25) is 0 Å². The number of benzene rings is 2. The summed E-state index contributed by atoms with van der Waals surface area (Å²) in [5.41, 5.74) is 3.03. The summed E-state index contributed by atoms with van der Waals surface area (Å²) in [5, 5.41) is 0. The second kappa shape index (κ2) is 7.94. The van der Waals surface area contributed by atoms with Crippen LogP contribution in [0.25, 0.3) is 5.69 Å². The summed E-state index contributed by atoms with van der Waals surface area (Å²) in [6, 6.07) is 17.7. The Hall–Kier alpha value is -2.97. The highest BCUT2D eigenvalue weighted by atomic mass is 32.2. The van der Waals surface area contributed by atoms with Gasteiger partial charge in [-0.2, -0.15) is 4.31 Å². The highest BCUT2D eigenvalue weighted by Gasteiger charge is 2.41. The Morgan fingerprint density at radius 3 is 2.42 bits per heavy atom. The molecule has 0 saturated carbocycles. The van der Waals surface area contributed by atoms with Crippen molar-refractivity contribution in [2.24, 2.45) is 0 Å². The van der Waals surface area contributed by atoms with Gasteiger partial charge in [0.1, 0.15) is 6.04 Å². The molecule has 1 fully saturated rings. The molecule has 2 aromatic carbocycles. The van der Waals surface area contributed by atoms with E-state index in [4.69, 9.17) is 0 Å². The molecule has 7 nitrogen and oxygen atoms in total. The summed E-state index contributed by atoms with van der Waals surface area (Å²) in [6.45, 7) is 1.33. The van der Waals surface area contributed by atoms with Gasteiger partial charge >= 0.3 is 0 Å². The normalized spacial score (nSPS) is 19.4. The predicted octanol–water partition coefficient (Wildman–Crippen LogP) is 2.61. The van der Waals surface area contributed by atoms with Gasteiger partial charge < -0.3 is 9.47 Å². The lowest BCUT2D eigenvalue weighted by Crippen LogP contribution is -2.49. The maximum Gasteiger partial charge on any atom is 0.243 e. The second-order valence-corrected chi connectivity index (χ2v) is 9.83. The van der Waals surface area contributed by atoms with E-state index in [-0.39, 0.29) is 10.8 Å². The van der Waals surface area contributed by atoms with Crippen LogP contribution in [0.4, 0.5) is 0 Å². The van der Waals surface area contributed by atoms with Crippen LogP contribution in [-0.2, 0) is 27.8 Å². The van der Waals surface area contributed by atoms with Crippen molar-refractivity contribution in [3.05, 3.63) is 78.4 Å². The van der Waals surface area contributed by atoms with E-state index < -0.39 is 16.1 Å². The largest absolute Gasteiger partial charge is 0.335 e. The number of aromatic nitrogens is 2. The molecule has 8 heteroatoms. The summed E-state index contributed by atoms with van der Waals surface area (Å²) in [7, 11) is -3.70. The fraction of sp³-hybridized carbons (Fsp3) is 0.304. The highest BCUT2D eigenvalue weighted by Crippen LogP contribution is 2.29. The third kappa shape index (κ3) is 3.55. The molecular formula is C23H24N4O3S. The van der Waals surface area contributed by atoms with E-state index in [1.807, 2.05) is 30.3 Å².